The van der Waals surface area contributed by atoms with Crippen LogP contribution in [0, 0.1) is 6.92 Å². The summed E-state index contributed by atoms with van der Waals surface area (Å²) in [6, 6.07) is 15.4. The van der Waals surface area contributed by atoms with E-state index >= 15 is 0 Å². The minimum atomic E-state index is -0.532. The van der Waals surface area contributed by atoms with Crippen molar-refractivity contribution >= 4 is 28.5 Å². The van der Waals surface area contributed by atoms with Gasteiger partial charge in [0.25, 0.3) is 0 Å². The normalized spacial score (nSPS) is 15.7. The van der Waals surface area contributed by atoms with Crippen molar-refractivity contribution in [2.75, 3.05) is 24.1 Å². The Morgan fingerprint density at radius 2 is 1.87 bits per heavy atom. The predicted octanol–water partition coefficient (Wildman–Crippen LogP) is 6.19. The van der Waals surface area contributed by atoms with Gasteiger partial charge in [-0.15, -0.1) is 0 Å². The number of benzene rings is 2. The van der Waals surface area contributed by atoms with E-state index in [0.717, 1.165) is 34.7 Å². The van der Waals surface area contributed by atoms with E-state index in [9.17, 15) is 4.79 Å². The zero-order valence-corrected chi connectivity index (χ0v) is 22.8. The summed E-state index contributed by atoms with van der Waals surface area (Å²) in [7, 11) is 0. The number of nitrogens with two attached hydrogens (primary N) is 1. The highest BCUT2D eigenvalue weighted by Crippen LogP contribution is 2.38. The van der Waals surface area contributed by atoms with Gasteiger partial charge < -0.3 is 25.4 Å². The molecule has 1 fully saturated rings. The van der Waals surface area contributed by atoms with Crippen LogP contribution in [-0.2, 0) is 4.74 Å². The molecule has 1 amide bonds. The maximum absolute atomic E-state index is 12.6. The molecule has 1 saturated heterocycles. The number of nitrogen functional groups attached to an aromatic ring is 1. The number of pyridine rings is 1. The molecule has 9 nitrogen and oxygen atoms in total. The molecular formula is C30H34N6O3. The topological polar surface area (TPSA) is 115 Å². The first-order valence-electron chi connectivity index (χ1n) is 13.2. The number of carbonyl (C=O) groups is 1. The second kappa shape index (κ2) is 10.8. The minimum Gasteiger partial charge on any atom is -0.444 e. The number of carbonyl (C=O) groups excluding carboxylic acids is 1. The van der Waals surface area contributed by atoms with Crippen LogP contribution in [0.5, 0.6) is 11.6 Å². The van der Waals surface area contributed by atoms with Crippen LogP contribution in [0.3, 0.4) is 0 Å². The van der Waals surface area contributed by atoms with Gasteiger partial charge in [-0.1, -0.05) is 24.3 Å². The lowest BCUT2D eigenvalue weighted by Gasteiger charge is -2.34. The van der Waals surface area contributed by atoms with Crippen molar-refractivity contribution in [2.24, 2.45) is 0 Å². The van der Waals surface area contributed by atoms with Crippen LogP contribution in [0.25, 0.3) is 22.0 Å². The Labute approximate surface area is 228 Å². The van der Waals surface area contributed by atoms with Gasteiger partial charge in [-0.05, 0) is 70.4 Å². The van der Waals surface area contributed by atoms with Gasteiger partial charge in [0.1, 0.15) is 11.4 Å². The average Bonchev–Trinajstić information content (AvgIpc) is 2.91. The molecule has 4 aromatic rings. The molecule has 3 N–H and O–H groups in total. The lowest BCUT2D eigenvalue weighted by Crippen LogP contribution is -2.47. The molecule has 1 aliphatic heterocycles. The smallest absolute Gasteiger partial charge is 0.410 e. The largest absolute Gasteiger partial charge is 0.444 e. The average molecular weight is 527 g/mol. The third-order valence-corrected chi connectivity index (χ3v) is 6.52. The van der Waals surface area contributed by atoms with E-state index < -0.39 is 5.60 Å². The highest BCUT2D eigenvalue weighted by molar-refractivity contribution is 5.98. The Kier molecular flexibility index (Phi) is 7.24. The molecule has 39 heavy (non-hydrogen) atoms. The van der Waals surface area contributed by atoms with Crippen molar-refractivity contribution in [1.29, 1.82) is 0 Å². The fourth-order valence-corrected chi connectivity index (χ4v) is 4.77. The highest BCUT2D eigenvalue weighted by atomic mass is 16.6. The minimum absolute atomic E-state index is 0.00919. The van der Waals surface area contributed by atoms with Gasteiger partial charge >= 0.3 is 6.09 Å². The molecular weight excluding hydrogens is 492 g/mol. The van der Waals surface area contributed by atoms with E-state index in [1.54, 1.807) is 17.3 Å². The first-order chi connectivity index (χ1) is 18.7. The van der Waals surface area contributed by atoms with E-state index in [2.05, 4.69) is 15.3 Å². The number of fused-ring (bicyclic) bond motifs is 1. The van der Waals surface area contributed by atoms with E-state index in [-0.39, 0.29) is 12.1 Å². The molecule has 0 saturated carbocycles. The van der Waals surface area contributed by atoms with Crippen LogP contribution in [0.1, 0.15) is 39.2 Å². The van der Waals surface area contributed by atoms with E-state index in [4.69, 9.17) is 20.2 Å². The summed E-state index contributed by atoms with van der Waals surface area (Å²) in [5.41, 5.74) is 8.76. The SMILES string of the molecule is Cc1cc(N)c2ccccc2c1Oc1ncccc1-c1ccnc(N[C@H]2CCCN(C(=O)OC(C)(C)C)C2)n1. The summed E-state index contributed by atoms with van der Waals surface area (Å²) in [6.07, 6.45) is 4.87. The molecule has 0 spiro atoms. The first-order valence-corrected chi connectivity index (χ1v) is 13.2. The molecule has 0 radical (unpaired) electrons. The number of amides is 1. The van der Waals surface area contributed by atoms with Crippen molar-refractivity contribution in [3.05, 3.63) is 66.5 Å². The Morgan fingerprint density at radius 3 is 2.67 bits per heavy atom. The standard InChI is InChI=1S/C30H34N6O3/c1-19-17-24(31)21-10-5-6-11-22(21)26(19)38-27-23(12-7-14-32-27)25-13-15-33-28(35-25)34-20-9-8-16-36(18-20)29(37)39-30(2,3)4/h5-7,10-15,17,20H,8-9,16,18,31H2,1-4H3,(H,33,34,35)/t20-/m0/s1. The van der Waals surface area contributed by atoms with E-state index in [1.165, 1.54) is 0 Å². The summed E-state index contributed by atoms with van der Waals surface area (Å²) in [5.74, 6) is 1.62. The molecule has 202 valence electrons. The molecule has 0 aliphatic carbocycles. The van der Waals surface area contributed by atoms with E-state index in [0.29, 0.717) is 42.0 Å². The monoisotopic (exact) mass is 526 g/mol. The van der Waals surface area contributed by atoms with Crippen LogP contribution in [0.2, 0.25) is 0 Å². The van der Waals surface area contributed by atoms with Gasteiger partial charge in [0.2, 0.25) is 11.8 Å². The summed E-state index contributed by atoms with van der Waals surface area (Å²) < 4.78 is 12.0. The lowest BCUT2D eigenvalue weighted by atomic mass is 10.0. The van der Waals surface area contributed by atoms with Crippen molar-refractivity contribution in [1.82, 2.24) is 19.9 Å². The van der Waals surface area contributed by atoms with Crippen LogP contribution in [-0.4, -0.2) is 50.7 Å². The number of nitrogens with zero attached hydrogens (tertiary/aromatic N) is 4. The maximum Gasteiger partial charge on any atom is 0.410 e. The zero-order valence-electron chi connectivity index (χ0n) is 22.8. The van der Waals surface area contributed by atoms with Gasteiger partial charge in [-0.3, -0.25) is 0 Å². The molecule has 0 unspecified atom stereocenters. The second-order valence-corrected chi connectivity index (χ2v) is 10.8. The Balaban J connectivity index is 1.38. The van der Waals surface area contributed by atoms with Crippen molar-refractivity contribution in [3.8, 4) is 22.9 Å². The van der Waals surface area contributed by atoms with Crippen molar-refractivity contribution < 1.29 is 14.3 Å². The summed E-state index contributed by atoms with van der Waals surface area (Å²) in [4.78, 5) is 28.1. The van der Waals surface area contributed by atoms with Gasteiger partial charge in [-0.2, -0.15) is 0 Å². The molecule has 0 bridgehead atoms. The number of aryl methyl sites for hydroxylation is 1. The Bertz CT molecular complexity index is 1500. The number of anilines is 2. The Hall–Kier alpha value is -4.40. The number of piperidine rings is 1. The predicted molar refractivity (Wildman–Crippen MR) is 153 cm³/mol. The first kappa shape index (κ1) is 26.2. The van der Waals surface area contributed by atoms with Crippen molar-refractivity contribution in [2.45, 2.75) is 52.2 Å². The third-order valence-electron chi connectivity index (χ3n) is 6.52. The number of likely N-dealkylation sites (tertiary alicyclic amines) is 1. The number of hydrogen-bond acceptors (Lipinski definition) is 8. The number of rotatable bonds is 5. The fraction of sp³-hybridized carbons (Fsp3) is 0.333. The number of aromatic nitrogens is 3. The highest BCUT2D eigenvalue weighted by Gasteiger charge is 2.28. The second-order valence-electron chi connectivity index (χ2n) is 10.8. The zero-order chi connectivity index (χ0) is 27.6. The summed E-state index contributed by atoms with van der Waals surface area (Å²) in [5, 5.41) is 5.25. The van der Waals surface area contributed by atoms with Gasteiger partial charge in [0, 0.05) is 48.0 Å². The third kappa shape index (κ3) is 6.03. The van der Waals surface area contributed by atoms with E-state index in [1.807, 2.05) is 76.2 Å². The molecule has 9 heteroatoms. The van der Waals surface area contributed by atoms with Crippen LogP contribution >= 0.6 is 0 Å². The maximum atomic E-state index is 12.6. The molecule has 3 heterocycles. The summed E-state index contributed by atoms with van der Waals surface area (Å²) >= 11 is 0. The van der Waals surface area contributed by atoms with Gasteiger partial charge in [0.05, 0.1) is 11.3 Å². The lowest BCUT2D eigenvalue weighted by molar-refractivity contribution is 0.0206. The molecule has 1 aliphatic rings. The molecule has 5 rings (SSSR count). The Morgan fingerprint density at radius 1 is 1.08 bits per heavy atom. The number of nitrogens with one attached hydrogen (secondary N) is 1. The summed E-state index contributed by atoms with van der Waals surface area (Å²) in [6.45, 7) is 8.78. The van der Waals surface area contributed by atoms with Gasteiger partial charge in [0.15, 0.2) is 0 Å². The molecule has 2 aromatic carbocycles. The van der Waals surface area contributed by atoms with Gasteiger partial charge in [-0.25, -0.2) is 19.7 Å². The molecule has 2 aromatic heterocycles. The number of hydrogen-bond donors (Lipinski definition) is 2. The quantitative estimate of drug-likeness (QED) is 0.296. The van der Waals surface area contributed by atoms with Crippen molar-refractivity contribution in [3.63, 3.8) is 0 Å². The number of ether oxygens (including phenoxy) is 2. The molecule has 1 atom stereocenters. The van der Waals surface area contributed by atoms with Crippen LogP contribution in [0.4, 0.5) is 16.4 Å². The van der Waals surface area contributed by atoms with Crippen LogP contribution in [0.15, 0.2) is 60.9 Å². The van der Waals surface area contributed by atoms with Crippen LogP contribution < -0.4 is 15.8 Å². The fourth-order valence-electron chi connectivity index (χ4n) is 4.77.